The number of carbonyl (C=O) groups excluding carboxylic acids is 1. The minimum Gasteiger partial charge on any atom is -0.298 e. The largest absolute Gasteiger partial charge is 0.298 e. The second kappa shape index (κ2) is 7.01. The van der Waals surface area contributed by atoms with Crippen molar-refractivity contribution in [2.75, 3.05) is 0 Å². The van der Waals surface area contributed by atoms with Gasteiger partial charge >= 0.3 is 0 Å². The average molecular weight is 338 g/mol. The van der Waals surface area contributed by atoms with Crippen LogP contribution in [0, 0.1) is 0 Å². The fourth-order valence-corrected chi connectivity index (χ4v) is 3.57. The van der Waals surface area contributed by atoms with Gasteiger partial charge in [-0.15, -0.1) is 0 Å². The van der Waals surface area contributed by atoms with Gasteiger partial charge in [-0.25, -0.2) is 4.98 Å². The van der Waals surface area contributed by atoms with Gasteiger partial charge in [-0.2, -0.15) is 0 Å². The molecular formula is C19H18N2O2S. The molecule has 4 nitrogen and oxygen atoms in total. The predicted octanol–water partition coefficient (Wildman–Crippen LogP) is 3.85. The van der Waals surface area contributed by atoms with Crippen molar-refractivity contribution < 1.29 is 4.79 Å². The van der Waals surface area contributed by atoms with Crippen molar-refractivity contribution >= 4 is 28.4 Å². The molecule has 122 valence electrons. The molecule has 5 heteroatoms. The normalized spacial score (nSPS) is 12.2. The molecule has 1 atom stereocenters. The predicted molar refractivity (Wildman–Crippen MR) is 98.0 cm³/mol. The molecule has 0 spiro atoms. The van der Waals surface area contributed by atoms with Crippen molar-refractivity contribution in [1.29, 1.82) is 0 Å². The van der Waals surface area contributed by atoms with Crippen LogP contribution in [0.25, 0.3) is 16.6 Å². The van der Waals surface area contributed by atoms with Crippen molar-refractivity contribution in [2.24, 2.45) is 0 Å². The zero-order valence-corrected chi connectivity index (χ0v) is 14.4. The number of fused-ring (bicyclic) bond motifs is 1. The van der Waals surface area contributed by atoms with Gasteiger partial charge in [-0.3, -0.25) is 14.2 Å². The van der Waals surface area contributed by atoms with Crippen LogP contribution in [0.5, 0.6) is 0 Å². The van der Waals surface area contributed by atoms with Crippen LogP contribution < -0.4 is 5.56 Å². The van der Waals surface area contributed by atoms with Gasteiger partial charge < -0.3 is 0 Å². The Balaban J connectivity index is 2.22. The molecule has 0 aliphatic heterocycles. The Labute approximate surface area is 144 Å². The Hall–Kier alpha value is -2.40. The maximum absolute atomic E-state index is 13.0. The highest BCUT2D eigenvalue weighted by atomic mass is 32.2. The smallest absolute Gasteiger partial charge is 0.266 e. The van der Waals surface area contributed by atoms with Gasteiger partial charge in [0.15, 0.2) is 5.16 Å². The number of hydrogen-bond donors (Lipinski definition) is 0. The number of Topliss-reactive ketones (excluding diaryl/α,β-unsaturated/α-hetero) is 1. The van der Waals surface area contributed by atoms with E-state index in [1.807, 2.05) is 62.4 Å². The standard InChI is InChI=1S/C19H18N2O2S/c1-3-17(22)13(2)24-19-20-16-12-8-7-11-15(16)18(23)21(19)14-9-5-4-6-10-14/h4-13H,3H2,1-2H3/t13-/m1/s1. The van der Waals surface area contributed by atoms with Crippen molar-refractivity contribution in [2.45, 2.75) is 30.7 Å². The van der Waals surface area contributed by atoms with Gasteiger partial charge in [0, 0.05) is 6.42 Å². The van der Waals surface area contributed by atoms with Gasteiger partial charge in [0.05, 0.1) is 21.8 Å². The van der Waals surface area contributed by atoms with E-state index in [-0.39, 0.29) is 16.6 Å². The Morgan fingerprint density at radius 1 is 1.12 bits per heavy atom. The molecule has 0 N–H and O–H groups in total. The second-order valence-electron chi connectivity index (χ2n) is 5.47. The first kappa shape index (κ1) is 16.5. The highest BCUT2D eigenvalue weighted by Gasteiger charge is 2.18. The number of rotatable bonds is 5. The fourth-order valence-electron chi connectivity index (χ4n) is 2.51. The van der Waals surface area contributed by atoms with E-state index in [0.717, 1.165) is 5.69 Å². The number of aromatic nitrogens is 2. The number of hydrogen-bond acceptors (Lipinski definition) is 4. The first-order valence-corrected chi connectivity index (χ1v) is 8.76. The van der Waals surface area contributed by atoms with Crippen LogP contribution in [-0.4, -0.2) is 20.6 Å². The summed E-state index contributed by atoms with van der Waals surface area (Å²) in [6.45, 7) is 3.70. The van der Waals surface area contributed by atoms with E-state index in [0.29, 0.717) is 22.5 Å². The highest BCUT2D eigenvalue weighted by Crippen LogP contribution is 2.25. The molecule has 0 bridgehead atoms. The van der Waals surface area contributed by atoms with Crippen molar-refractivity contribution in [1.82, 2.24) is 9.55 Å². The van der Waals surface area contributed by atoms with Crippen molar-refractivity contribution in [3.8, 4) is 5.69 Å². The van der Waals surface area contributed by atoms with Crippen LogP contribution >= 0.6 is 11.8 Å². The average Bonchev–Trinajstić information content (AvgIpc) is 2.62. The number of nitrogens with zero attached hydrogens (tertiary/aromatic N) is 2. The van der Waals surface area contributed by atoms with E-state index in [4.69, 9.17) is 0 Å². The molecule has 24 heavy (non-hydrogen) atoms. The van der Waals surface area contributed by atoms with Crippen molar-refractivity contribution in [3.63, 3.8) is 0 Å². The molecule has 0 fully saturated rings. The van der Waals surface area contributed by atoms with Gasteiger partial charge in [-0.1, -0.05) is 49.0 Å². The van der Waals surface area contributed by atoms with Crippen LogP contribution in [0.3, 0.4) is 0 Å². The SMILES string of the molecule is CCC(=O)[C@@H](C)Sc1nc2ccccc2c(=O)n1-c1ccccc1. The Morgan fingerprint density at radius 3 is 2.50 bits per heavy atom. The third kappa shape index (κ3) is 3.12. The van der Waals surface area contributed by atoms with Gasteiger partial charge in [0.25, 0.3) is 5.56 Å². The molecule has 0 unspecified atom stereocenters. The lowest BCUT2D eigenvalue weighted by Crippen LogP contribution is -2.23. The molecule has 0 radical (unpaired) electrons. The molecule has 0 aliphatic rings. The van der Waals surface area contributed by atoms with Gasteiger partial charge in [0.1, 0.15) is 5.78 Å². The summed E-state index contributed by atoms with van der Waals surface area (Å²) >= 11 is 1.33. The molecule has 0 saturated heterocycles. The van der Waals surface area contributed by atoms with Gasteiger partial charge in [0.2, 0.25) is 0 Å². The van der Waals surface area contributed by atoms with E-state index in [2.05, 4.69) is 4.98 Å². The monoisotopic (exact) mass is 338 g/mol. The molecule has 1 heterocycles. The summed E-state index contributed by atoms with van der Waals surface area (Å²) < 4.78 is 1.59. The number of carbonyl (C=O) groups is 1. The minimum absolute atomic E-state index is 0.120. The summed E-state index contributed by atoms with van der Waals surface area (Å²) in [5.74, 6) is 0.141. The summed E-state index contributed by atoms with van der Waals surface area (Å²) in [5, 5.41) is 0.859. The molecular weight excluding hydrogens is 320 g/mol. The molecule has 0 aliphatic carbocycles. The Bertz CT molecular complexity index is 935. The molecule has 2 aromatic carbocycles. The highest BCUT2D eigenvalue weighted by molar-refractivity contribution is 8.00. The number of ketones is 1. The molecule has 0 amide bonds. The lowest BCUT2D eigenvalue weighted by Gasteiger charge is -2.15. The summed E-state index contributed by atoms with van der Waals surface area (Å²) in [6, 6.07) is 16.7. The van der Waals surface area contributed by atoms with Gasteiger partial charge in [-0.05, 0) is 31.2 Å². The molecule has 3 aromatic rings. The number of para-hydroxylation sites is 2. The second-order valence-corrected chi connectivity index (χ2v) is 6.78. The maximum Gasteiger partial charge on any atom is 0.266 e. The van der Waals surface area contributed by atoms with Crippen LogP contribution in [0.4, 0.5) is 0 Å². The Kier molecular flexibility index (Phi) is 4.81. The first-order valence-electron chi connectivity index (χ1n) is 7.88. The quantitative estimate of drug-likeness (QED) is 0.524. The van der Waals surface area contributed by atoms with Crippen LogP contribution in [0.2, 0.25) is 0 Å². The molecule has 0 saturated carbocycles. The first-order chi connectivity index (χ1) is 11.6. The van der Waals surface area contributed by atoms with E-state index in [1.165, 1.54) is 11.8 Å². The minimum atomic E-state index is -0.252. The summed E-state index contributed by atoms with van der Waals surface area (Å²) in [6.07, 6.45) is 0.470. The van der Waals surface area contributed by atoms with Crippen LogP contribution in [0.15, 0.2) is 64.5 Å². The van der Waals surface area contributed by atoms with E-state index >= 15 is 0 Å². The summed E-state index contributed by atoms with van der Waals surface area (Å²) in [5.41, 5.74) is 1.28. The summed E-state index contributed by atoms with van der Waals surface area (Å²) in [7, 11) is 0. The van der Waals surface area contributed by atoms with Crippen LogP contribution in [-0.2, 0) is 4.79 Å². The molecule has 1 aromatic heterocycles. The Morgan fingerprint density at radius 2 is 1.79 bits per heavy atom. The number of thioether (sulfide) groups is 1. The van der Waals surface area contributed by atoms with E-state index in [9.17, 15) is 9.59 Å². The number of benzene rings is 2. The third-order valence-corrected chi connectivity index (χ3v) is 4.94. The van der Waals surface area contributed by atoms with Crippen LogP contribution in [0.1, 0.15) is 20.3 Å². The zero-order valence-electron chi connectivity index (χ0n) is 13.6. The maximum atomic E-state index is 13.0. The van der Waals surface area contributed by atoms with Crippen molar-refractivity contribution in [3.05, 3.63) is 65.0 Å². The lowest BCUT2D eigenvalue weighted by atomic mass is 10.2. The van der Waals surface area contributed by atoms with E-state index < -0.39 is 0 Å². The van der Waals surface area contributed by atoms with E-state index in [1.54, 1.807) is 10.6 Å². The topological polar surface area (TPSA) is 52.0 Å². The summed E-state index contributed by atoms with van der Waals surface area (Å²) in [4.78, 5) is 29.6. The molecule has 3 rings (SSSR count). The zero-order chi connectivity index (χ0) is 17.1. The lowest BCUT2D eigenvalue weighted by molar-refractivity contribution is -0.118. The third-order valence-electron chi connectivity index (χ3n) is 3.84. The fraction of sp³-hybridized carbons (Fsp3) is 0.211.